The van der Waals surface area contributed by atoms with E-state index in [9.17, 15) is 8.42 Å². The first-order valence-electron chi connectivity index (χ1n) is 16.4. The van der Waals surface area contributed by atoms with Crippen LogP contribution in [-0.2, 0) is 29.8 Å². The highest BCUT2D eigenvalue weighted by molar-refractivity contribution is 8.33. The van der Waals surface area contributed by atoms with Crippen LogP contribution in [0.15, 0.2) is 141 Å². The van der Waals surface area contributed by atoms with Gasteiger partial charge in [0.05, 0.1) is 10.6 Å². The van der Waals surface area contributed by atoms with Crippen molar-refractivity contribution in [1.82, 2.24) is 4.98 Å². The Balaban J connectivity index is 1.63. The van der Waals surface area contributed by atoms with Gasteiger partial charge in [-0.2, -0.15) is 8.42 Å². The molecule has 2 atom stereocenters. The van der Waals surface area contributed by atoms with Crippen molar-refractivity contribution in [3.05, 3.63) is 133 Å². The third-order valence-corrected chi connectivity index (χ3v) is 12.7. The van der Waals surface area contributed by atoms with Crippen molar-refractivity contribution < 1.29 is 35.7 Å². The highest BCUT2D eigenvalue weighted by atomic mass is 32.3. The van der Waals surface area contributed by atoms with E-state index in [1.807, 2.05) is 101 Å². The van der Waals surface area contributed by atoms with Gasteiger partial charge in [0.25, 0.3) is 0 Å². The molecule has 9 nitrogen and oxygen atoms in total. The molecule has 0 aliphatic rings. The van der Waals surface area contributed by atoms with E-state index in [0.717, 1.165) is 11.3 Å². The number of benzene rings is 4. The average Bonchev–Trinajstić information content (AvgIpc) is 3.11. The van der Waals surface area contributed by atoms with Crippen LogP contribution < -0.4 is 14.2 Å². The summed E-state index contributed by atoms with van der Waals surface area (Å²) in [5, 5.41) is 0. The molecule has 5 aromatic rings. The molecule has 264 valence electrons. The second kappa shape index (κ2) is 17.0. The molecule has 0 N–H and O–H groups in total. The maximum absolute atomic E-state index is 14.3. The first-order valence-corrected chi connectivity index (χ1v) is 19.3. The number of pyridine rings is 1. The molecule has 0 aliphatic heterocycles. The lowest BCUT2D eigenvalue weighted by Crippen LogP contribution is -2.17. The predicted octanol–water partition coefficient (Wildman–Crippen LogP) is 9.09. The zero-order chi connectivity index (χ0) is 35.6. The fourth-order valence-corrected chi connectivity index (χ4v) is 10.3. The van der Waals surface area contributed by atoms with Crippen LogP contribution in [0.1, 0.15) is 39.0 Å². The van der Waals surface area contributed by atoms with E-state index in [4.69, 9.17) is 27.3 Å². The molecule has 0 saturated carbocycles. The molecule has 5 rings (SSSR count). The van der Waals surface area contributed by atoms with Crippen molar-refractivity contribution in [1.29, 1.82) is 0 Å². The van der Waals surface area contributed by atoms with Gasteiger partial charge in [-0.05, 0) is 142 Å². The van der Waals surface area contributed by atoms with Crippen molar-refractivity contribution in [2.75, 3.05) is 13.2 Å². The van der Waals surface area contributed by atoms with Gasteiger partial charge in [0.1, 0.15) is 23.9 Å². The summed E-state index contributed by atoms with van der Waals surface area (Å²) < 4.78 is 64.1. The molecule has 0 saturated heterocycles. The maximum Gasteiger partial charge on any atom is 0.307 e. The number of ether oxygens (including phenoxy) is 5. The second-order valence-electron chi connectivity index (χ2n) is 11.2. The van der Waals surface area contributed by atoms with Crippen molar-refractivity contribution in [3.63, 3.8) is 0 Å². The number of rotatable bonds is 17. The standard InChI is InChI=1S/C39H43NO8S2/c1-6-43-30(4)46-34-15-23-37(24-16-34)49(48-50(41,42)39-19-11-29(3)12-20-39,38-25-17-35(18-26-38)47-31(5)44-7-2)36-21-13-33(14-22-36)45-28-32-10-8-9-27-40-32/h8-27,30-31H,6-7,28H2,1-5H3. The summed E-state index contributed by atoms with van der Waals surface area (Å²) in [4.78, 5) is 6.26. The summed E-state index contributed by atoms with van der Waals surface area (Å²) in [6, 6.07) is 34.1. The van der Waals surface area contributed by atoms with E-state index < -0.39 is 33.0 Å². The van der Waals surface area contributed by atoms with Crippen molar-refractivity contribution >= 4 is 20.4 Å². The molecule has 1 heterocycles. The molecular formula is C39H43NO8S2. The van der Waals surface area contributed by atoms with Crippen LogP contribution >= 0.6 is 10.3 Å². The van der Waals surface area contributed by atoms with Crippen LogP contribution in [0.4, 0.5) is 0 Å². The van der Waals surface area contributed by atoms with Crippen LogP contribution in [0, 0.1) is 6.92 Å². The highest BCUT2D eigenvalue weighted by Gasteiger charge is 2.38. The summed E-state index contributed by atoms with van der Waals surface area (Å²) in [6.07, 6.45) is 0.783. The molecule has 4 aromatic carbocycles. The van der Waals surface area contributed by atoms with Gasteiger partial charge in [-0.25, -0.2) is 3.63 Å². The predicted molar refractivity (Wildman–Crippen MR) is 193 cm³/mol. The molecule has 2 unspecified atom stereocenters. The van der Waals surface area contributed by atoms with E-state index in [1.165, 1.54) is 0 Å². The van der Waals surface area contributed by atoms with Gasteiger partial charge in [0.15, 0.2) is 12.6 Å². The summed E-state index contributed by atoms with van der Waals surface area (Å²) in [5.74, 6) is 1.73. The van der Waals surface area contributed by atoms with Gasteiger partial charge in [-0.3, -0.25) is 4.98 Å². The lowest BCUT2D eigenvalue weighted by Gasteiger charge is -2.39. The van der Waals surface area contributed by atoms with Crippen LogP contribution in [0.25, 0.3) is 0 Å². The summed E-state index contributed by atoms with van der Waals surface area (Å²) in [5.41, 5.74) is 1.71. The smallest absolute Gasteiger partial charge is 0.307 e. The van der Waals surface area contributed by atoms with E-state index in [2.05, 4.69) is 4.98 Å². The van der Waals surface area contributed by atoms with Crippen LogP contribution in [0.5, 0.6) is 17.2 Å². The maximum atomic E-state index is 14.3. The number of aryl methyl sites for hydroxylation is 1. The minimum atomic E-state index is -4.31. The van der Waals surface area contributed by atoms with E-state index in [0.29, 0.717) is 45.1 Å². The summed E-state index contributed by atoms with van der Waals surface area (Å²) >= 11 is 0. The van der Waals surface area contributed by atoms with Crippen molar-refractivity contribution in [2.45, 2.75) is 73.4 Å². The Bertz CT molecular complexity index is 1830. The van der Waals surface area contributed by atoms with Gasteiger partial charge < -0.3 is 23.7 Å². The van der Waals surface area contributed by atoms with Gasteiger partial charge in [-0.1, -0.05) is 23.8 Å². The molecule has 50 heavy (non-hydrogen) atoms. The number of hydrogen-bond donors (Lipinski definition) is 0. The summed E-state index contributed by atoms with van der Waals surface area (Å²) in [7, 11) is -7.29. The number of aromatic nitrogens is 1. The molecular weight excluding hydrogens is 675 g/mol. The fourth-order valence-electron chi connectivity index (χ4n) is 5.11. The molecule has 1 aromatic heterocycles. The lowest BCUT2D eigenvalue weighted by atomic mass is 10.2. The highest BCUT2D eigenvalue weighted by Crippen LogP contribution is 2.70. The SMILES string of the molecule is CCOC(C)Oc1ccc(S(OS(=O)(=O)c2ccc(C)cc2)(c2ccc(OCc3ccccn3)cc2)c2ccc(OC(C)OCC)cc2)cc1. The third kappa shape index (κ3) is 9.23. The number of nitrogens with zero attached hydrogens (tertiary/aromatic N) is 1. The minimum Gasteiger partial charge on any atom is -0.487 e. The van der Waals surface area contributed by atoms with Crippen molar-refractivity contribution in [3.8, 4) is 17.2 Å². The Morgan fingerprint density at radius 2 is 1.06 bits per heavy atom. The Labute approximate surface area is 296 Å². The molecule has 0 bridgehead atoms. The monoisotopic (exact) mass is 717 g/mol. The van der Waals surface area contributed by atoms with Crippen molar-refractivity contribution in [2.24, 2.45) is 0 Å². The molecule has 0 fully saturated rings. The normalized spacial score (nSPS) is 14.6. The molecule has 0 aliphatic carbocycles. The summed E-state index contributed by atoms with van der Waals surface area (Å²) in [6.45, 7) is 10.6. The first-order chi connectivity index (χ1) is 24.1. The zero-order valence-corrected chi connectivity index (χ0v) is 30.5. The van der Waals surface area contributed by atoms with Crippen LogP contribution in [-0.4, -0.2) is 39.2 Å². The first kappa shape index (κ1) is 36.9. The number of hydrogen-bond acceptors (Lipinski definition) is 9. The molecule has 0 amide bonds. The van der Waals surface area contributed by atoms with Crippen LogP contribution in [0.2, 0.25) is 0 Å². The van der Waals surface area contributed by atoms with E-state index in [-0.39, 0.29) is 11.5 Å². The Morgan fingerprint density at radius 1 is 0.600 bits per heavy atom. The van der Waals surface area contributed by atoms with E-state index >= 15 is 0 Å². The largest absolute Gasteiger partial charge is 0.487 e. The minimum absolute atomic E-state index is 0.0475. The van der Waals surface area contributed by atoms with E-state index in [1.54, 1.807) is 54.7 Å². The lowest BCUT2D eigenvalue weighted by molar-refractivity contribution is -0.0616. The average molecular weight is 718 g/mol. The Kier molecular flexibility index (Phi) is 12.6. The molecule has 0 radical (unpaired) electrons. The fraction of sp³-hybridized carbons (Fsp3) is 0.256. The zero-order valence-electron chi connectivity index (χ0n) is 28.9. The molecule has 11 heteroatoms. The quantitative estimate of drug-likeness (QED) is 0.0872. The van der Waals surface area contributed by atoms with Gasteiger partial charge in [0.2, 0.25) is 0 Å². The van der Waals surface area contributed by atoms with Gasteiger partial charge >= 0.3 is 10.1 Å². The topological polar surface area (TPSA) is 102 Å². The third-order valence-electron chi connectivity index (χ3n) is 7.49. The Morgan fingerprint density at radius 3 is 1.50 bits per heavy atom. The molecule has 0 spiro atoms. The van der Waals surface area contributed by atoms with Crippen LogP contribution in [0.3, 0.4) is 0 Å². The Hall–Kier alpha value is -4.39. The van der Waals surface area contributed by atoms with Gasteiger partial charge in [0, 0.05) is 34.1 Å². The second-order valence-corrected chi connectivity index (χ2v) is 15.6. The van der Waals surface area contributed by atoms with Gasteiger partial charge in [-0.15, -0.1) is 0 Å².